The Kier molecular flexibility index (Phi) is 4.85. The molecule has 1 aromatic heterocycles. The summed E-state index contributed by atoms with van der Waals surface area (Å²) in [5, 5.41) is 0. The Morgan fingerprint density at radius 2 is 1.80 bits per heavy atom. The van der Waals surface area contributed by atoms with Gasteiger partial charge in [0.1, 0.15) is 5.69 Å². The van der Waals surface area contributed by atoms with Crippen LogP contribution in [0.2, 0.25) is 0 Å². The first kappa shape index (κ1) is 16.8. The van der Waals surface area contributed by atoms with Gasteiger partial charge in [-0.05, 0) is 47.7 Å². The van der Waals surface area contributed by atoms with E-state index in [-0.39, 0.29) is 5.78 Å². The molecule has 3 rings (SSSR count). The van der Waals surface area contributed by atoms with E-state index in [9.17, 15) is 9.59 Å². The van der Waals surface area contributed by atoms with Crippen LogP contribution in [0.15, 0.2) is 60.8 Å². The van der Waals surface area contributed by atoms with Gasteiger partial charge in [-0.2, -0.15) is 0 Å². The van der Waals surface area contributed by atoms with E-state index in [0.29, 0.717) is 17.7 Å². The summed E-state index contributed by atoms with van der Waals surface area (Å²) in [5.41, 5.74) is 6.00. The van der Waals surface area contributed by atoms with E-state index in [2.05, 4.69) is 23.2 Å². The lowest BCUT2D eigenvalue weighted by molar-refractivity contribution is 0.0986. The molecule has 0 radical (unpaired) electrons. The first-order chi connectivity index (χ1) is 12.1. The van der Waals surface area contributed by atoms with Gasteiger partial charge in [0.15, 0.2) is 12.1 Å². The number of aldehydes is 1. The highest BCUT2D eigenvalue weighted by Crippen LogP contribution is 2.26. The second-order valence-electron chi connectivity index (χ2n) is 6.11. The van der Waals surface area contributed by atoms with Crippen LogP contribution in [0.1, 0.15) is 37.5 Å². The maximum atomic E-state index is 12.7. The molecule has 0 saturated carbocycles. The van der Waals surface area contributed by atoms with Crippen LogP contribution in [0.3, 0.4) is 0 Å². The average molecular weight is 329 g/mol. The van der Waals surface area contributed by atoms with Gasteiger partial charge in [0.25, 0.3) is 0 Å². The molecule has 2 aromatic carbocycles. The van der Waals surface area contributed by atoms with E-state index < -0.39 is 0 Å². The minimum absolute atomic E-state index is 0.0386. The van der Waals surface area contributed by atoms with Crippen LogP contribution in [0.4, 0.5) is 0 Å². The third-order valence-electron chi connectivity index (χ3n) is 4.38. The largest absolute Gasteiger partial charge is 0.298 e. The topological polar surface area (TPSA) is 47.0 Å². The van der Waals surface area contributed by atoms with Crippen molar-refractivity contribution in [2.45, 2.75) is 20.3 Å². The number of pyridine rings is 1. The summed E-state index contributed by atoms with van der Waals surface area (Å²) < 4.78 is 0. The van der Waals surface area contributed by atoms with E-state index in [4.69, 9.17) is 0 Å². The monoisotopic (exact) mass is 329 g/mol. The standard InChI is InChI=1S/C22H19NO2/c1-15-11-17(14-24)13-23-22(15)21(25)12-19-9-6-10-20(16(19)2)18-7-4-3-5-8-18/h3-11,13-14H,12H2,1-2H3. The van der Waals surface area contributed by atoms with Crippen molar-refractivity contribution in [2.75, 3.05) is 0 Å². The highest BCUT2D eigenvalue weighted by Gasteiger charge is 2.15. The van der Waals surface area contributed by atoms with Crippen molar-refractivity contribution >= 4 is 12.1 Å². The van der Waals surface area contributed by atoms with Gasteiger partial charge < -0.3 is 0 Å². The van der Waals surface area contributed by atoms with Crippen LogP contribution in [0.25, 0.3) is 11.1 Å². The van der Waals surface area contributed by atoms with Crippen LogP contribution in [0, 0.1) is 13.8 Å². The van der Waals surface area contributed by atoms with Crippen molar-refractivity contribution in [3.05, 3.63) is 88.7 Å². The smallest absolute Gasteiger partial charge is 0.185 e. The molecule has 0 fully saturated rings. The van der Waals surface area contributed by atoms with E-state index in [1.54, 1.807) is 13.0 Å². The van der Waals surface area contributed by atoms with E-state index in [1.165, 1.54) is 6.20 Å². The van der Waals surface area contributed by atoms with Crippen LogP contribution < -0.4 is 0 Å². The number of carbonyl (C=O) groups excluding carboxylic acids is 2. The maximum Gasteiger partial charge on any atom is 0.185 e. The van der Waals surface area contributed by atoms with Gasteiger partial charge in [-0.1, -0.05) is 48.5 Å². The van der Waals surface area contributed by atoms with Gasteiger partial charge in [0.2, 0.25) is 0 Å². The molecule has 3 heteroatoms. The molecule has 0 spiro atoms. The fourth-order valence-electron chi connectivity index (χ4n) is 3.02. The van der Waals surface area contributed by atoms with Gasteiger partial charge in [-0.3, -0.25) is 14.6 Å². The van der Waals surface area contributed by atoms with Crippen molar-refractivity contribution in [1.29, 1.82) is 0 Å². The molecular formula is C22H19NO2. The molecular weight excluding hydrogens is 310 g/mol. The molecule has 0 N–H and O–H groups in total. The summed E-state index contributed by atoms with van der Waals surface area (Å²) in [6.07, 6.45) is 2.48. The van der Waals surface area contributed by atoms with Gasteiger partial charge in [-0.15, -0.1) is 0 Å². The predicted octanol–water partition coefficient (Wildman–Crippen LogP) is 4.60. The predicted molar refractivity (Wildman–Crippen MR) is 99.0 cm³/mol. The Morgan fingerprint density at radius 3 is 2.48 bits per heavy atom. The maximum absolute atomic E-state index is 12.7. The lowest BCUT2D eigenvalue weighted by atomic mass is 9.93. The molecule has 0 atom stereocenters. The van der Waals surface area contributed by atoms with Gasteiger partial charge in [0, 0.05) is 18.2 Å². The number of benzene rings is 2. The summed E-state index contributed by atoms with van der Waals surface area (Å²) >= 11 is 0. The number of Topliss-reactive ketones (excluding diaryl/α,β-unsaturated/α-hetero) is 1. The molecule has 0 aliphatic carbocycles. The fourth-order valence-corrected chi connectivity index (χ4v) is 3.02. The van der Waals surface area contributed by atoms with E-state index in [0.717, 1.165) is 34.1 Å². The van der Waals surface area contributed by atoms with Crippen molar-refractivity contribution in [1.82, 2.24) is 4.98 Å². The molecule has 0 aliphatic rings. The summed E-state index contributed by atoms with van der Waals surface area (Å²) in [5.74, 6) is -0.0386. The summed E-state index contributed by atoms with van der Waals surface area (Å²) in [6.45, 7) is 3.85. The van der Waals surface area contributed by atoms with Crippen LogP contribution >= 0.6 is 0 Å². The molecule has 3 nitrogen and oxygen atoms in total. The van der Waals surface area contributed by atoms with Crippen molar-refractivity contribution in [3.63, 3.8) is 0 Å². The number of carbonyl (C=O) groups is 2. The lowest BCUT2D eigenvalue weighted by Gasteiger charge is -2.12. The van der Waals surface area contributed by atoms with Crippen molar-refractivity contribution in [3.8, 4) is 11.1 Å². The van der Waals surface area contributed by atoms with Crippen LogP contribution in [-0.2, 0) is 6.42 Å². The van der Waals surface area contributed by atoms with Gasteiger partial charge in [-0.25, -0.2) is 0 Å². The summed E-state index contributed by atoms with van der Waals surface area (Å²) in [4.78, 5) is 27.7. The Bertz CT molecular complexity index is 930. The van der Waals surface area contributed by atoms with Crippen molar-refractivity contribution < 1.29 is 9.59 Å². The first-order valence-electron chi connectivity index (χ1n) is 8.19. The highest BCUT2D eigenvalue weighted by atomic mass is 16.1. The number of nitrogens with zero attached hydrogens (tertiary/aromatic N) is 1. The highest BCUT2D eigenvalue weighted by molar-refractivity contribution is 5.97. The molecule has 1 heterocycles. The lowest BCUT2D eigenvalue weighted by Crippen LogP contribution is -2.10. The molecule has 25 heavy (non-hydrogen) atoms. The second-order valence-corrected chi connectivity index (χ2v) is 6.11. The summed E-state index contributed by atoms with van der Waals surface area (Å²) in [6, 6.07) is 17.9. The van der Waals surface area contributed by atoms with Crippen LogP contribution in [-0.4, -0.2) is 17.1 Å². The zero-order valence-electron chi connectivity index (χ0n) is 14.3. The Labute approximate surface area is 147 Å². The molecule has 0 amide bonds. The third-order valence-corrected chi connectivity index (χ3v) is 4.38. The molecule has 0 aliphatic heterocycles. The van der Waals surface area contributed by atoms with Crippen molar-refractivity contribution in [2.24, 2.45) is 0 Å². The first-order valence-corrected chi connectivity index (χ1v) is 8.19. The Hall–Kier alpha value is -3.07. The normalized spacial score (nSPS) is 10.5. The third kappa shape index (κ3) is 3.56. The number of rotatable bonds is 5. The van der Waals surface area contributed by atoms with Gasteiger partial charge in [0.05, 0.1) is 0 Å². The SMILES string of the molecule is Cc1cc(C=O)cnc1C(=O)Cc1cccc(-c2ccccc2)c1C. The minimum atomic E-state index is -0.0386. The molecule has 0 unspecified atom stereocenters. The Balaban J connectivity index is 1.91. The number of hydrogen-bond acceptors (Lipinski definition) is 3. The number of aromatic nitrogens is 1. The quantitative estimate of drug-likeness (QED) is 0.507. The number of aryl methyl sites for hydroxylation is 1. The molecule has 0 bridgehead atoms. The van der Waals surface area contributed by atoms with Gasteiger partial charge >= 0.3 is 0 Å². The fraction of sp³-hybridized carbons (Fsp3) is 0.136. The molecule has 124 valence electrons. The Morgan fingerprint density at radius 1 is 1.04 bits per heavy atom. The zero-order valence-corrected chi connectivity index (χ0v) is 14.3. The van der Waals surface area contributed by atoms with E-state index in [1.807, 2.05) is 37.3 Å². The molecule has 0 saturated heterocycles. The minimum Gasteiger partial charge on any atom is -0.298 e. The number of hydrogen-bond donors (Lipinski definition) is 0. The number of ketones is 1. The molecule has 3 aromatic rings. The van der Waals surface area contributed by atoms with E-state index >= 15 is 0 Å². The van der Waals surface area contributed by atoms with Crippen LogP contribution in [0.5, 0.6) is 0 Å². The summed E-state index contributed by atoms with van der Waals surface area (Å²) in [7, 11) is 0. The average Bonchev–Trinajstić information content (AvgIpc) is 2.64. The zero-order chi connectivity index (χ0) is 17.8. The second kappa shape index (κ2) is 7.22.